The molecule has 0 rings (SSSR count). The van der Waals surface area contributed by atoms with Gasteiger partial charge >= 0.3 is 0 Å². The van der Waals surface area contributed by atoms with Gasteiger partial charge in [0.25, 0.3) is 0 Å². The average Bonchev–Trinajstić information content (AvgIpc) is 1.81. The third-order valence-corrected chi connectivity index (χ3v) is 1.63. The Morgan fingerprint density at radius 2 is 1.92 bits per heavy atom. The number of amides is 1. The van der Waals surface area contributed by atoms with Gasteiger partial charge in [-0.25, -0.2) is 0 Å². The van der Waals surface area contributed by atoms with Crippen LogP contribution in [0, 0.1) is 5.41 Å². The molecule has 0 bridgehead atoms. The maximum absolute atomic E-state index is 11.5. The molecule has 3 nitrogen and oxygen atoms in total. The lowest BCUT2D eigenvalue weighted by Crippen LogP contribution is -2.36. The zero-order chi connectivity index (χ0) is 10.6. The third kappa shape index (κ3) is 6.51. The minimum absolute atomic E-state index is 0.0154. The van der Waals surface area contributed by atoms with Crippen LogP contribution in [0.4, 0.5) is 0 Å². The Morgan fingerprint density at radius 1 is 1.46 bits per heavy atom. The Balaban J connectivity index is 4.05. The molecule has 0 aliphatic heterocycles. The lowest BCUT2D eigenvalue weighted by Gasteiger charge is -2.22. The van der Waals surface area contributed by atoms with Gasteiger partial charge in [-0.15, -0.1) is 0 Å². The number of nitrogens with two attached hydrogens (primary N) is 1. The maximum atomic E-state index is 11.5. The fourth-order valence-electron chi connectivity index (χ4n) is 0.911. The highest BCUT2D eigenvalue weighted by atomic mass is 32.1. The zero-order valence-electron chi connectivity index (χ0n) is 8.76. The number of rotatable bonds is 3. The maximum Gasteiger partial charge on any atom is 0.223 e. The van der Waals surface area contributed by atoms with Crippen molar-refractivity contribution in [2.45, 2.75) is 27.2 Å². The van der Waals surface area contributed by atoms with Gasteiger partial charge in [0.15, 0.2) is 0 Å². The average molecular weight is 202 g/mol. The molecule has 1 amide bonds. The first-order valence-electron chi connectivity index (χ1n) is 4.24. The summed E-state index contributed by atoms with van der Waals surface area (Å²) < 4.78 is 0. The summed E-state index contributed by atoms with van der Waals surface area (Å²) in [6, 6.07) is 0. The molecule has 0 aliphatic rings. The number of carbonyl (C=O) groups is 1. The molecule has 4 heteroatoms. The van der Waals surface area contributed by atoms with E-state index in [9.17, 15) is 4.79 Å². The third-order valence-electron chi connectivity index (χ3n) is 1.50. The second-order valence-electron chi connectivity index (χ2n) is 4.45. The van der Waals surface area contributed by atoms with Gasteiger partial charge in [0.05, 0.1) is 11.5 Å². The van der Waals surface area contributed by atoms with E-state index in [1.165, 1.54) is 0 Å². The predicted octanol–water partition coefficient (Wildman–Crippen LogP) is 1.17. The van der Waals surface area contributed by atoms with Crippen LogP contribution in [0.15, 0.2) is 0 Å². The van der Waals surface area contributed by atoms with Gasteiger partial charge in [-0.05, 0) is 5.41 Å². The van der Waals surface area contributed by atoms with Crippen molar-refractivity contribution in [3.8, 4) is 0 Å². The van der Waals surface area contributed by atoms with Crippen molar-refractivity contribution in [2.75, 3.05) is 13.6 Å². The summed E-state index contributed by atoms with van der Waals surface area (Å²) in [6.07, 6.45) is 0.520. The summed E-state index contributed by atoms with van der Waals surface area (Å²) in [7, 11) is 1.72. The molecule has 0 spiro atoms. The van der Waals surface area contributed by atoms with Gasteiger partial charge in [-0.2, -0.15) is 0 Å². The Labute approximate surface area is 85.3 Å². The molecular weight excluding hydrogens is 184 g/mol. The van der Waals surface area contributed by atoms with Crippen molar-refractivity contribution in [3.05, 3.63) is 0 Å². The fraction of sp³-hybridized carbons (Fsp3) is 0.778. The van der Waals surface area contributed by atoms with Gasteiger partial charge in [0.1, 0.15) is 0 Å². The quantitative estimate of drug-likeness (QED) is 0.699. The summed E-state index contributed by atoms with van der Waals surface area (Å²) in [6.45, 7) is 6.45. The van der Waals surface area contributed by atoms with Crippen LogP contribution in [0.1, 0.15) is 27.2 Å². The Morgan fingerprint density at radius 3 is 2.23 bits per heavy atom. The lowest BCUT2D eigenvalue weighted by molar-refractivity contribution is -0.131. The Hall–Kier alpha value is -0.640. The van der Waals surface area contributed by atoms with Crippen molar-refractivity contribution < 1.29 is 4.79 Å². The standard InChI is InChI=1S/C9H18N2OS/c1-9(2,3)5-8(12)11(4)6-7(10)13/h5-6H2,1-4H3,(H2,10,13). The van der Waals surface area contributed by atoms with Crippen molar-refractivity contribution in [2.24, 2.45) is 11.1 Å². The van der Waals surface area contributed by atoms with Crippen LogP contribution < -0.4 is 5.73 Å². The topological polar surface area (TPSA) is 46.3 Å². The number of carbonyl (C=O) groups excluding carboxylic acids is 1. The fourth-order valence-corrected chi connectivity index (χ4v) is 1.10. The van der Waals surface area contributed by atoms with E-state index in [2.05, 4.69) is 0 Å². The van der Waals surface area contributed by atoms with Gasteiger partial charge in [0, 0.05) is 13.5 Å². The molecule has 13 heavy (non-hydrogen) atoms. The van der Waals surface area contributed by atoms with E-state index < -0.39 is 0 Å². The molecule has 0 fully saturated rings. The van der Waals surface area contributed by atoms with Crippen LogP contribution in [-0.2, 0) is 4.79 Å². The highest BCUT2D eigenvalue weighted by Gasteiger charge is 2.18. The van der Waals surface area contributed by atoms with Crippen LogP contribution in [0.2, 0.25) is 0 Å². The van der Waals surface area contributed by atoms with Crippen LogP contribution in [-0.4, -0.2) is 29.4 Å². The summed E-state index contributed by atoms with van der Waals surface area (Å²) in [4.78, 5) is 13.4. The largest absolute Gasteiger partial charge is 0.392 e. The van der Waals surface area contributed by atoms with E-state index in [-0.39, 0.29) is 11.3 Å². The van der Waals surface area contributed by atoms with E-state index >= 15 is 0 Å². The summed E-state index contributed by atoms with van der Waals surface area (Å²) in [5, 5.41) is 0. The van der Waals surface area contributed by atoms with E-state index in [0.29, 0.717) is 18.0 Å². The molecular formula is C9H18N2OS. The zero-order valence-corrected chi connectivity index (χ0v) is 9.57. The molecule has 0 heterocycles. The second-order valence-corrected chi connectivity index (χ2v) is 4.98. The molecule has 0 aliphatic carbocycles. The van der Waals surface area contributed by atoms with E-state index in [1.807, 2.05) is 20.8 Å². The smallest absolute Gasteiger partial charge is 0.223 e. The Kier molecular flexibility index (Phi) is 4.33. The number of likely N-dealkylation sites (N-methyl/N-ethyl adjacent to an activating group) is 1. The van der Waals surface area contributed by atoms with Crippen LogP contribution in [0.3, 0.4) is 0 Å². The number of nitrogens with zero attached hydrogens (tertiary/aromatic N) is 1. The van der Waals surface area contributed by atoms with Crippen molar-refractivity contribution >= 4 is 23.1 Å². The minimum atomic E-state index is 0.0154. The highest BCUT2D eigenvalue weighted by Crippen LogP contribution is 2.19. The molecule has 0 aromatic rings. The Bertz CT molecular complexity index is 208. The predicted molar refractivity (Wildman–Crippen MR) is 58.5 cm³/mol. The van der Waals surface area contributed by atoms with Crippen LogP contribution >= 0.6 is 12.2 Å². The second kappa shape index (κ2) is 4.56. The minimum Gasteiger partial charge on any atom is -0.392 e. The van der Waals surface area contributed by atoms with E-state index in [1.54, 1.807) is 11.9 Å². The number of hydrogen-bond donors (Lipinski definition) is 1. The van der Waals surface area contributed by atoms with Crippen LogP contribution in [0.5, 0.6) is 0 Å². The van der Waals surface area contributed by atoms with Crippen molar-refractivity contribution in [1.82, 2.24) is 4.90 Å². The first-order valence-corrected chi connectivity index (χ1v) is 4.65. The molecule has 0 aromatic carbocycles. The van der Waals surface area contributed by atoms with E-state index in [4.69, 9.17) is 18.0 Å². The van der Waals surface area contributed by atoms with Gasteiger partial charge in [-0.3, -0.25) is 4.79 Å². The highest BCUT2D eigenvalue weighted by molar-refractivity contribution is 7.80. The summed E-state index contributed by atoms with van der Waals surface area (Å²) in [5.74, 6) is 0.0836. The molecule has 76 valence electrons. The monoisotopic (exact) mass is 202 g/mol. The van der Waals surface area contributed by atoms with Gasteiger partial charge in [-0.1, -0.05) is 33.0 Å². The molecule has 0 saturated carbocycles. The molecule has 0 saturated heterocycles. The molecule has 0 aromatic heterocycles. The molecule has 0 radical (unpaired) electrons. The SMILES string of the molecule is CN(CC(N)=S)C(=O)CC(C)(C)C. The molecule has 0 unspecified atom stereocenters. The van der Waals surface area contributed by atoms with Gasteiger partial charge in [0.2, 0.25) is 5.91 Å². The number of hydrogen-bond acceptors (Lipinski definition) is 2. The first kappa shape index (κ1) is 12.4. The lowest BCUT2D eigenvalue weighted by atomic mass is 9.92. The van der Waals surface area contributed by atoms with Crippen molar-refractivity contribution in [3.63, 3.8) is 0 Å². The molecule has 0 atom stereocenters. The number of thiocarbonyl (C=S) groups is 1. The summed E-state index contributed by atoms with van der Waals surface area (Å²) >= 11 is 4.72. The first-order chi connectivity index (χ1) is 5.72. The summed E-state index contributed by atoms with van der Waals surface area (Å²) in [5.41, 5.74) is 5.35. The van der Waals surface area contributed by atoms with E-state index in [0.717, 1.165) is 0 Å². The van der Waals surface area contributed by atoms with Crippen LogP contribution in [0.25, 0.3) is 0 Å². The van der Waals surface area contributed by atoms with Crippen molar-refractivity contribution in [1.29, 1.82) is 0 Å². The van der Waals surface area contributed by atoms with Gasteiger partial charge < -0.3 is 10.6 Å². The normalized spacial score (nSPS) is 11.1. The molecule has 2 N–H and O–H groups in total.